The van der Waals surface area contributed by atoms with E-state index in [0.717, 1.165) is 11.1 Å². The molecule has 0 aliphatic carbocycles. The highest BCUT2D eigenvalue weighted by Gasteiger charge is 2.08. The highest BCUT2D eigenvalue weighted by atomic mass is 19.1. The van der Waals surface area contributed by atoms with Crippen molar-refractivity contribution < 1.29 is 18.7 Å². The summed E-state index contributed by atoms with van der Waals surface area (Å²) >= 11 is 0. The van der Waals surface area contributed by atoms with E-state index >= 15 is 0 Å². The van der Waals surface area contributed by atoms with Crippen LogP contribution in [0, 0.1) is 5.82 Å². The summed E-state index contributed by atoms with van der Waals surface area (Å²) in [7, 11) is 1.57. The van der Waals surface area contributed by atoms with Gasteiger partial charge in [0.05, 0.1) is 7.11 Å². The van der Waals surface area contributed by atoms with Crippen molar-refractivity contribution in [3.63, 3.8) is 0 Å². The van der Waals surface area contributed by atoms with Crippen LogP contribution in [0.1, 0.15) is 46.8 Å². The van der Waals surface area contributed by atoms with E-state index in [1.807, 2.05) is 42.5 Å². The summed E-state index contributed by atoms with van der Waals surface area (Å²) in [5.74, 6) is 0.764. The van der Waals surface area contributed by atoms with Gasteiger partial charge in [0.2, 0.25) is 0 Å². The van der Waals surface area contributed by atoms with E-state index in [2.05, 4.69) is 13.8 Å². The highest BCUT2D eigenvalue weighted by Crippen LogP contribution is 2.24. The molecule has 0 atom stereocenters. The fourth-order valence-corrected chi connectivity index (χ4v) is 3.03. The molecule has 4 heteroatoms. The quantitative estimate of drug-likeness (QED) is 0.320. The van der Waals surface area contributed by atoms with Crippen molar-refractivity contribution in [1.82, 2.24) is 0 Å². The number of rotatable bonds is 8. The normalized spacial score (nSPS) is 11.1. The summed E-state index contributed by atoms with van der Waals surface area (Å²) in [6.07, 6.45) is 3.30. The van der Waals surface area contributed by atoms with E-state index in [4.69, 9.17) is 9.47 Å². The maximum atomic E-state index is 13.8. The van der Waals surface area contributed by atoms with Gasteiger partial charge in [-0.05, 0) is 47.4 Å². The number of carbonyl (C=O) groups is 1. The van der Waals surface area contributed by atoms with E-state index in [1.165, 1.54) is 11.6 Å². The first kappa shape index (κ1) is 21.3. The highest BCUT2D eigenvalue weighted by molar-refractivity contribution is 6.06. The minimum Gasteiger partial charge on any atom is -0.496 e. The van der Waals surface area contributed by atoms with Crippen LogP contribution in [0.25, 0.3) is 6.08 Å². The minimum atomic E-state index is -0.415. The number of allylic oxidation sites excluding steroid dienone is 1. The Labute approximate surface area is 176 Å². The second-order valence-corrected chi connectivity index (χ2v) is 7.26. The average Bonchev–Trinajstić information content (AvgIpc) is 2.77. The largest absolute Gasteiger partial charge is 0.496 e. The molecule has 0 fully saturated rings. The number of benzene rings is 3. The molecule has 30 heavy (non-hydrogen) atoms. The average molecular weight is 404 g/mol. The zero-order valence-corrected chi connectivity index (χ0v) is 17.4. The first-order valence-electron chi connectivity index (χ1n) is 9.84. The summed E-state index contributed by atoms with van der Waals surface area (Å²) in [6, 6.07) is 19.5. The lowest BCUT2D eigenvalue weighted by Gasteiger charge is -2.11. The van der Waals surface area contributed by atoms with Crippen LogP contribution in [0.15, 0.2) is 72.8 Å². The number of halogens is 1. The molecule has 0 radical (unpaired) electrons. The molecule has 0 aliphatic rings. The molecule has 0 saturated carbocycles. The van der Waals surface area contributed by atoms with Gasteiger partial charge in [0.1, 0.15) is 12.4 Å². The lowest BCUT2D eigenvalue weighted by atomic mass is 10.00. The van der Waals surface area contributed by atoms with Crippen LogP contribution in [0.4, 0.5) is 4.39 Å². The number of carbonyl (C=O) groups excluding carboxylic acids is 1. The van der Waals surface area contributed by atoms with Crippen LogP contribution in [0.3, 0.4) is 0 Å². The Morgan fingerprint density at radius 2 is 1.73 bits per heavy atom. The molecule has 3 rings (SSSR count). The van der Waals surface area contributed by atoms with Gasteiger partial charge >= 0.3 is 0 Å². The third-order valence-corrected chi connectivity index (χ3v) is 4.81. The van der Waals surface area contributed by atoms with Gasteiger partial charge in [-0.2, -0.15) is 0 Å². The molecule has 0 spiro atoms. The van der Waals surface area contributed by atoms with Gasteiger partial charge < -0.3 is 9.47 Å². The molecule has 3 nitrogen and oxygen atoms in total. The molecule has 0 saturated heterocycles. The van der Waals surface area contributed by atoms with Crippen LogP contribution < -0.4 is 9.47 Å². The maximum Gasteiger partial charge on any atom is 0.185 e. The number of para-hydroxylation sites is 1. The first-order chi connectivity index (χ1) is 14.5. The first-order valence-corrected chi connectivity index (χ1v) is 9.84. The third-order valence-electron chi connectivity index (χ3n) is 4.81. The van der Waals surface area contributed by atoms with Gasteiger partial charge in [-0.1, -0.05) is 62.4 Å². The Balaban J connectivity index is 1.73. The van der Waals surface area contributed by atoms with Gasteiger partial charge in [0.25, 0.3) is 0 Å². The number of ketones is 1. The summed E-state index contributed by atoms with van der Waals surface area (Å²) in [5.41, 5.74) is 3.43. The second kappa shape index (κ2) is 9.88. The number of ether oxygens (including phenoxy) is 2. The van der Waals surface area contributed by atoms with E-state index < -0.39 is 5.82 Å². The van der Waals surface area contributed by atoms with E-state index in [9.17, 15) is 9.18 Å². The van der Waals surface area contributed by atoms with Crippen LogP contribution in [-0.2, 0) is 6.61 Å². The topological polar surface area (TPSA) is 35.5 Å². The lowest BCUT2D eigenvalue weighted by Crippen LogP contribution is -2.00. The van der Waals surface area contributed by atoms with Gasteiger partial charge in [0.15, 0.2) is 17.3 Å². The van der Waals surface area contributed by atoms with Gasteiger partial charge in [0, 0.05) is 11.1 Å². The van der Waals surface area contributed by atoms with E-state index in [0.29, 0.717) is 17.2 Å². The predicted molar refractivity (Wildman–Crippen MR) is 118 cm³/mol. The molecule has 0 heterocycles. The van der Waals surface area contributed by atoms with Crippen LogP contribution in [0.2, 0.25) is 0 Å². The standard InChI is InChI=1S/C26H25FO3/c1-18(2)20-10-12-21(13-11-20)24(28)14-8-19-9-15-25(29-3)22(16-19)17-30-26-7-5-4-6-23(26)27/h4-16,18H,17H2,1-3H3/b14-8+. The van der Waals surface area contributed by atoms with Crippen molar-refractivity contribution in [2.75, 3.05) is 7.11 Å². The summed E-state index contributed by atoms with van der Waals surface area (Å²) < 4.78 is 24.8. The van der Waals surface area contributed by atoms with E-state index in [-0.39, 0.29) is 18.1 Å². The molecule has 0 amide bonds. The zero-order valence-electron chi connectivity index (χ0n) is 17.4. The number of hydrogen-bond acceptors (Lipinski definition) is 3. The molecule has 0 N–H and O–H groups in total. The Morgan fingerprint density at radius 1 is 1.00 bits per heavy atom. The van der Waals surface area contributed by atoms with Gasteiger partial charge in [-0.15, -0.1) is 0 Å². The summed E-state index contributed by atoms with van der Waals surface area (Å²) in [5, 5.41) is 0. The van der Waals surface area contributed by atoms with Gasteiger partial charge in [-0.25, -0.2) is 4.39 Å². The van der Waals surface area contributed by atoms with Crippen LogP contribution in [0.5, 0.6) is 11.5 Å². The Hall–Kier alpha value is -3.40. The van der Waals surface area contributed by atoms with Crippen LogP contribution >= 0.6 is 0 Å². The molecular weight excluding hydrogens is 379 g/mol. The Kier molecular flexibility index (Phi) is 7.02. The lowest BCUT2D eigenvalue weighted by molar-refractivity contribution is 0.104. The minimum absolute atomic E-state index is 0.0646. The molecular formula is C26H25FO3. The van der Waals surface area contributed by atoms with Crippen molar-refractivity contribution in [2.45, 2.75) is 26.4 Å². The van der Waals surface area contributed by atoms with Crippen molar-refractivity contribution in [1.29, 1.82) is 0 Å². The molecule has 0 bridgehead atoms. The van der Waals surface area contributed by atoms with E-state index in [1.54, 1.807) is 37.5 Å². The fraction of sp³-hybridized carbons (Fsp3) is 0.192. The molecule has 3 aromatic rings. The Morgan fingerprint density at radius 3 is 2.40 bits per heavy atom. The predicted octanol–water partition coefficient (Wildman–Crippen LogP) is 6.43. The third kappa shape index (κ3) is 5.35. The second-order valence-electron chi connectivity index (χ2n) is 7.26. The SMILES string of the molecule is COc1ccc(/C=C/C(=O)c2ccc(C(C)C)cc2)cc1COc1ccccc1F. The van der Waals surface area contributed by atoms with Crippen molar-refractivity contribution >= 4 is 11.9 Å². The maximum absolute atomic E-state index is 13.8. The summed E-state index contributed by atoms with van der Waals surface area (Å²) in [6.45, 7) is 4.39. The van der Waals surface area contributed by atoms with Crippen molar-refractivity contribution in [3.8, 4) is 11.5 Å². The zero-order chi connectivity index (χ0) is 21.5. The molecule has 154 valence electrons. The van der Waals surface area contributed by atoms with Crippen LogP contribution in [-0.4, -0.2) is 12.9 Å². The molecule has 3 aromatic carbocycles. The monoisotopic (exact) mass is 404 g/mol. The Bertz CT molecular complexity index is 1040. The number of methoxy groups -OCH3 is 1. The summed E-state index contributed by atoms with van der Waals surface area (Å²) in [4.78, 5) is 12.5. The van der Waals surface area contributed by atoms with Gasteiger partial charge in [-0.3, -0.25) is 4.79 Å². The smallest absolute Gasteiger partial charge is 0.185 e. The molecule has 0 aliphatic heterocycles. The fourth-order valence-electron chi connectivity index (χ4n) is 3.03. The molecule has 0 aromatic heterocycles. The van der Waals surface area contributed by atoms with Crippen molar-refractivity contribution in [2.24, 2.45) is 0 Å². The molecule has 0 unspecified atom stereocenters. The van der Waals surface area contributed by atoms with Crippen molar-refractivity contribution in [3.05, 3.63) is 101 Å². The number of hydrogen-bond donors (Lipinski definition) is 0.